The quantitative estimate of drug-likeness (QED) is 0.455. The van der Waals surface area contributed by atoms with Gasteiger partial charge in [0.05, 0.1) is 21.1 Å². The van der Waals surface area contributed by atoms with Crippen molar-refractivity contribution in [1.82, 2.24) is 14.6 Å². The van der Waals surface area contributed by atoms with Gasteiger partial charge in [-0.05, 0) is 48.4 Å². The summed E-state index contributed by atoms with van der Waals surface area (Å²) in [6, 6.07) is 12.7. The van der Waals surface area contributed by atoms with Gasteiger partial charge in [0, 0.05) is 6.07 Å². The summed E-state index contributed by atoms with van der Waals surface area (Å²) in [4.78, 5) is 16.2. The fourth-order valence-electron chi connectivity index (χ4n) is 2.77. The van der Waals surface area contributed by atoms with E-state index in [4.69, 9.17) is 27.9 Å². The molecule has 28 heavy (non-hydrogen) atoms. The minimum absolute atomic E-state index is 0.0520. The number of benzene rings is 2. The average Bonchev–Trinajstić information content (AvgIpc) is 2.66. The fraction of sp³-hybridized carbons (Fsp3) is 0.0500. The molecule has 0 amide bonds. The Morgan fingerprint density at radius 3 is 2.61 bits per heavy atom. The van der Waals surface area contributed by atoms with Crippen molar-refractivity contribution < 1.29 is 9.13 Å². The Morgan fingerprint density at radius 1 is 1.04 bits per heavy atom. The van der Waals surface area contributed by atoms with E-state index >= 15 is 0 Å². The molecule has 0 N–H and O–H groups in total. The van der Waals surface area contributed by atoms with Gasteiger partial charge >= 0.3 is 0 Å². The van der Waals surface area contributed by atoms with Crippen LogP contribution < -0.4 is 10.3 Å². The van der Waals surface area contributed by atoms with Crippen LogP contribution in [0.4, 0.5) is 4.39 Å². The maximum Gasteiger partial charge on any atom is 0.281 e. The van der Waals surface area contributed by atoms with Gasteiger partial charge in [-0.15, -0.1) is 5.10 Å². The zero-order chi connectivity index (χ0) is 19.8. The van der Waals surface area contributed by atoms with Crippen LogP contribution in [0.25, 0.3) is 16.6 Å². The monoisotopic (exact) mass is 415 g/mol. The van der Waals surface area contributed by atoms with Crippen molar-refractivity contribution in [3.63, 3.8) is 0 Å². The van der Waals surface area contributed by atoms with Crippen molar-refractivity contribution in [2.45, 2.75) is 6.92 Å². The van der Waals surface area contributed by atoms with E-state index in [-0.39, 0.29) is 11.6 Å². The van der Waals surface area contributed by atoms with Crippen LogP contribution in [0.1, 0.15) is 5.56 Å². The number of halogens is 3. The molecule has 0 unspecified atom stereocenters. The summed E-state index contributed by atoms with van der Waals surface area (Å²) in [7, 11) is 0. The summed E-state index contributed by atoms with van der Waals surface area (Å²) in [6.07, 6.45) is 1.27. The van der Waals surface area contributed by atoms with Crippen LogP contribution >= 0.6 is 23.2 Å². The molecule has 0 saturated heterocycles. The molecular weight excluding hydrogens is 404 g/mol. The molecule has 0 radical (unpaired) electrons. The van der Waals surface area contributed by atoms with Gasteiger partial charge in [-0.2, -0.15) is 4.98 Å². The van der Waals surface area contributed by atoms with Crippen LogP contribution in [-0.4, -0.2) is 14.6 Å². The standard InChI is InChI=1S/C20H12Cl2FN3O2/c1-11-2-6-17(15(23)8-11)28-18-7-5-16-19(20(27)24-10-26(16)25-18)12-3-4-13(21)14(22)9-12/h2-10H,1H3. The van der Waals surface area contributed by atoms with Crippen LogP contribution in [0.2, 0.25) is 10.0 Å². The molecule has 8 heteroatoms. The molecule has 0 fully saturated rings. The topological polar surface area (TPSA) is 56.5 Å². The maximum absolute atomic E-state index is 14.0. The lowest BCUT2D eigenvalue weighted by molar-refractivity contribution is 0.419. The highest BCUT2D eigenvalue weighted by Gasteiger charge is 2.13. The van der Waals surface area contributed by atoms with Gasteiger partial charge in [-0.3, -0.25) is 4.79 Å². The molecule has 0 saturated carbocycles. The molecule has 2 aromatic heterocycles. The number of fused-ring (bicyclic) bond motifs is 1. The lowest BCUT2D eigenvalue weighted by Crippen LogP contribution is -2.13. The fourth-order valence-corrected chi connectivity index (χ4v) is 3.06. The highest BCUT2D eigenvalue weighted by Crippen LogP contribution is 2.30. The first-order valence-corrected chi connectivity index (χ1v) is 8.96. The lowest BCUT2D eigenvalue weighted by Gasteiger charge is -2.10. The Morgan fingerprint density at radius 2 is 1.86 bits per heavy atom. The molecule has 0 aliphatic carbocycles. The van der Waals surface area contributed by atoms with Crippen molar-refractivity contribution in [3.8, 4) is 22.8 Å². The first-order chi connectivity index (χ1) is 13.4. The zero-order valence-electron chi connectivity index (χ0n) is 14.5. The van der Waals surface area contributed by atoms with E-state index in [1.54, 1.807) is 43.3 Å². The summed E-state index contributed by atoms with van der Waals surface area (Å²) < 4.78 is 20.9. The maximum atomic E-state index is 14.0. The number of aromatic nitrogens is 3. The second-order valence-corrected chi connectivity index (χ2v) is 6.91. The second-order valence-electron chi connectivity index (χ2n) is 6.09. The van der Waals surface area contributed by atoms with Gasteiger partial charge < -0.3 is 4.74 Å². The summed E-state index contributed by atoms with van der Waals surface area (Å²) in [5, 5.41) is 4.97. The molecule has 4 rings (SSSR count). The van der Waals surface area contributed by atoms with Gasteiger partial charge in [0.25, 0.3) is 5.56 Å². The minimum Gasteiger partial charge on any atom is -0.435 e. The number of hydrogen-bond donors (Lipinski definition) is 0. The largest absolute Gasteiger partial charge is 0.435 e. The van der Waals surface area contributed by atoms with Crippen LogP contribution in [-0.2, 0) is 0 Å². The summed E-state index contributed by atoms with van der Waals surface area (Å²) in [6.45, 7) is 1.79. The van der Waals surface area contributed by atoms with E-state index in [1.807, 2.05) is 0 Å². The molecule has 0 aliphatic rings. The van der Waals surface area contributed by atoms with Gasteiger partial charge in [0.1, 0.15) is 6.33 Å². The normalized spacial score (nSPS) is 11.0. The Balaban J connectivity index is 1.80. The van der Waals surface area contributed by atoms with Crippen molar-refractivity contribution in [2.75, 3.05) is 0 Å². The predicted molar refractivity (Wildman–Crippen MR) is 106 cm³/mol. The van der Waals surface area contributed by atoms with E-state index < -0.39 is 11.4 Å². The van der Waals surface area contributed by atoms with Crippen molar-refractivity contribution in [1.29, 1.82) is 0 Å². The lowest BCUT2D eigenvalue weighted by atomic mass is 10.1. The highest BCUT2D eigenvalue weighted by atomic mass is 35.5. The summed E-state index contributed by atoms with van der Waals surface area (Å²) in [5.41, 5.74) is 1.73. The number of hydrogen-bond acceptors (Lipinski definition) is 4. The second kappa shape index (κ2) is 7.22. The van der Waals surface area contributed by atoms with Gasteiger partial charge in [-0.25, -0.2) is 8.91 Å². The van der Waals surface area contributed by atoms with Crippen molar-refractivity contribution in [2.24, 2.45) is 0 Å². The number of rotatable bonds is 3. The smallest absolute Gasteiger partial charge is 0.281 e. The molecule has 0 aliphatic heterocycles. The first kappa shape index (κ1) is 18.4. The Bertz CT molecular complexity index is 1270. The predicted octanol–water partition coefficient (Wildman–Crippen LogP) is 5.30. The highest BCUT2D eigenvalue weighted by molar-refractivity contribution is 6.42. The summed E-state index contributed by atoms with van der Waals surface area (Å²) in [5.74, 6) is -0.284. The van der Waals surface area contributed by atoms with E-state index in [0.717, 1.165) is 5.56 Å². The van der Waals surface area contributed by atoms with Crippen LogP contribution in [0, 0.1) is 12.7 Å². The number of ether oxygens (including phenoxy) is 1. The average molecular weight is 416 g/mol. The minimum atomic E-state index is -0.489. The number of nitrogens with zero attached hydrogens (tertiary/aromatic N) is 3. The van der Waals surface area contributed by atoms with Crippen LogP contribution in [0.15, 0.2) is 59.7 Å². The van der Waals surface area contributed by atoms with Gasteiger partial charge in [0.15, 0.2) is 11.6 Å². The third kappa shape index (κ3) is 3.44. The van der Waals surface area contributed by atoms with Crippen molar-refractivity contribution in [3.05, 3.63) is 86.6 Å². The summed E-state index contributed by atoms with van der Waals surface area (Å²) >= 11 is 12.0. The third-order valence-corrected chi connectivity index (χ3v) is 4.84. The Kier molecular flexibility index (Phi) is 4.75. The van der Waals surface area contributed by atoms with E-state index in [1.165, 1.54) is 23.0 Å². The van der Waals surface area contributed by atoms with E-state index in [2.05, 4.69) is 10.1 Å². The van der Waals surface area contributed by atoms with Gasteiger partial charge in [0.2, 0.25) is 5.88 Å². The first-order valence-electron chi connectivity index (χ1n) is 8.20. The molecule has 5 nitrogen and oxygen atoms in total. The van der Waals surface area contributed by atoms with Crippen molar-refractivity contribution >= 4 is 28.7 Å². The van der Waals surface area contributed by atoms with Crippen LogP contribution in [0.5, 0.6) is 11.6 Å². The Labute approximate surface area is 168 Å². The van der Waals surface area contributed by atoms with Gasteiger partial charge in [-0.1, -0.05) is 35.3 Å². The molecular formula is C20H12Cl2FN3O2. The molecule has 0 bridgehead atoms. The zero-order valence-corrected chi connectivity index (χ0v) is 16.0. The molecule has 0 spiro atoms. The number of aryl methyl sites for hydroxylation is 1. The molecule has 2 aromatic carbocycles. The molecule has 0 atom stereocenters. The SMILES string of the molecule is Cc1ccc(Oc2ccc3c(-c4ccc(Cl)c(Cl)c4)c(=O)ncn3n2)c(F)c1. The molecule has 4 aromatic rings. The van der Waals surface area contributed by atoms with E-state index in [9.17, 15) is 9.18 Å². The van der Waals surface area contributed by atoms with Crippen LogP contribution in [0.3, 0.4) is 0 Å². The Hall–Kier alpha value is -2.96. The molecule has 2 heterocycles. The van der Waals surface area contributed by atoms with E-state index in [0.29, 0.717) is 26.7 Å². The molecule has 140 valence electrons. The third-order valence-electron chi connectivity index (χ3n) is 4.10.